The molecular formula is C21H32N4O6S. The minimum absolute atomic E-state index is 0.0103. The van der Waals surface area contributed by atoms with Crippen LogP contribution in [0, 0.1) is 15.5 Å². The molecule has 1 fully saturated rings. The summed E-state index contributed by atoms with van der Waals surface area (Å²) < 4.78 is 27.8. The molecule has 11 heteroatoms. The van der Waals surface area contributed by atoms with Crippen LogP contribution in [0.1, 0.15) is 48.0 Å². The maximum Gasteiger partial charge on any atom is 0.289 e. The van der Waals surface area contributed by atoms with Gasteiger partial charge in [-0.25, -0.2) is 8.42 Å². The average Bonchev–Trinajstić information content (AvgIpc) is 2.66. The predicted molar refractivity (Wildman–Crippen MR) is 119 cm³/mol. The second-order valence-corrected chi connectivity index (χ2v) is 11.4. The van der Waals surface area contributed by atoms with Gasteiger partial charge in [0.1, 0.15) is 6.04 Å². The highest BCUT2D eigenvalue weighted by molar-refractivity contribution is 7.89. The number of benzene rings is 1. The molecule has 3 atom stereocenters. The number of piperazine rings is 1. The molecule has 2 rings (SSSR count). The Balaban J connectivity index is 2.31. The number of carbonyl (C=O) groups excluding carboxylic acids is 2. The minimum Gasteiger partial charge on any atom is -0.345 e. The molecule has 0 unspecified atom stereocenters. The molecule has 1 aromatic rings. The first-order valence-corrected chi connectivity index (χ1v) is 11.9. The highest BCUT2D eigenvalue weighted by atomic mass is 32.2. The van der Waals surface area contributed by atoms with Crippen LogP contribution in [0.3, 0.4) is 0 Å². The van der Waals surface area contributed by atoms with E-state index in [1.54, 1.807) is 18.7 Å². The van der Waals surface area contributed by atoms with Crippen LogP contribution in [-0.2, 0) is 19.6 Å². The van der Waals surface area contributed by atoms with Crippen LogP contribution in [0.4, 0.5) is 5.69 Å². The molecule has 1 N–H and O–H groups in total. The number of para-hydroxylation sites is 1. The molecule has 1 aliphatic rings. The van der Waals surface area contributed by atoms with E-state index in [1.165, 1.54) is 29.4 Å². The molecular weight excluding hydrogens is 436 g/mol. The van der Waals surface area contributed by atoms with Gasteiger partial charge in [-0.3, -0.25) is 19.7 Å². The standard InChI is InChI=1S/C21H32N4O6S/c1-14-13-24(32(30,31)19-10-8-7-9-18(19)25(28)29)15(2)12-23(14)20(27)17(22-16(3)26)11-21(4,5)6/h7-10,14-15,17H,11-13H2,1-6H3,(H,22,26)/t14-,15+,17+/m1/s1. The van der Waals surface area contributed by atoms with Crippen LogP contribution in [0.15, 0.2) is 29.2 Å². The smallest absolute Gasteiger partial charge is 0.289 e. The summed E-state index contributed by atoms with van der Waals surface area (Å²) in [6.45, 7) is 10.8. The summed E-state index contributed by atoms with van der Waals surface area (Å²) in [4.78, 5) is 36.8. The first-order chi connectivity index (χ1) is 14.6. The Morgan fingerprint density at radius 1 is 1.19 bits per heavy atom. The number of amides is 2. The second kappa shape index (κ2) is 9.53. The molecule has 2 amide bonds. The maximum absolute atomic E-state index is 13.3. The van der Waals surface area contributed by atoms with Crippen LogP contribution in [0.25, 0.3) is 0 Å². The zero-order valence-corrected chi connectivity index (χ0v) is 20.2. The van der Waals surface area contributed by atoms with Crippen molar-refractivity contribution in [3.63, 3.8) is 0 Å². The number of hydrogen-bond donors (Lipinski definition) is 1. The molecule has 0 aromatic heterocycles. The van der Waals surface area contributed by atoms with Gasteiger partial charge in [-0.15, -0.1) is 0 Å². The molecule has 178 valence electrons. The number of rotatable bonds is 6. The molecule has 0 saturated carbocycles. The third kappa shape index (κ3) is 5.83. The van der Waals surface area contributed by atoms with Crippen LogP contribution < -0.4 is 5.32 Å². The topological polar surface area (TPSA) is 130 Å². The van der Waals surface area contributed by atoms with Crippen molar-refractivity contribution in [2.75, 3.05) is 13.1 Å². The van der Waals surface area contributed by atoms with E-state index in [0.717, 1.165) is 6.07 Å². The molecule has 1 saturated heterocycles. The number of carbonyl (C=O) groups is 2. The van der Waals surface area contributed by atoms with E-state index in [-0.39, 0.29) is 35.2 Å². The van der Waals surface area contributed by atoms with E-state index in [0.29, 0.717) is 6.42 Å². The summed E-state index contributed by atoms with van der Waals surface area (Å²) in [5.41, 5.74) is -0.698. The average molecular weight is 469 g/mol. The van der Waals surface area contributed by atoms with Crippen molar-refractivity contribution >= 4 is 27.5 Å². The van der Waals surface area contributed by atoms with E-state index in [4.69, 9.17) is 0 Å². The third-order valence-corrected chi connectivity index (χ3v) is 7.38. The van der Waals surface area contributed by atoms with Crippen molar-refractivity contribution in [2.24, 2.45) is 5.41 Å². The Bertz CT molecular complexity index is 988. The van der Waals surface area contributed by atoms with Crippen LogP contribution in [0.5, 0.6) is 0 Å². The van der Waals surface area contributed by atoms with Gasteiger partial charge < -0.3 is 10.2 Å². The van der Waals surface area contributed by atoms with Gasteiger partial charge in [-0.05, 0) is 31.7 Å². The number of nitro groups is 1. The lowest BCUT2D eigenvalue weighted by Gasteiger charge is -2.44. The summed E-state index contributed by atoms with van der Waals surface area (Å²) in [6, 6.07) is 3.43. The van der Waals surface area contributed by atoms with E-state index in [1.807, 2.05) is 20.8 Å². The Kier molecular flexibility index (Phi) is 7.67. The lowest BCUT2D eigenvalue weighted by atomic mass is 9.87. The van der Waals surface area contributed by atoms with Crippen molar-refractivity contribution in [2.45, 2.75) is 71.0 Å². The van der Waals surface area contributed by atoms with Crippen LogP contribution >= 0.6 is 0 Å². The number of nitro benzene ring substituents is 1. The summed E-state index contributed by atoms with van der Waals surface area (Å²) >= 11 is 0. The first kappa shape index (κ1) is 25.7. The fourth-order valence-electron chi connectivity index (χ4n) is 3.95. The zero-order valence-electron chi connectivity index (χ0n) is 19.4. The largest absolute Gasteiger partial charge is 0.345 e. The van der Waals surface area contributed by atoms with Crippen LogP contribution in [-0.4, -0.2) is 65.6 Å². The van der Waals surface area contributed by atoms with Crippen molar-refractivity contribution in [1.82, 2.24) is 14.5 Å². The molecule has 0 spiro atoms. The minimum atomic E-state index is -4.15. The Hall–Kier alpha value is -2.53. The highest BCUT2D eigenvalue weighted by Gasteiger charge is 2.42. The fourth-order valence-corrected chi connectivity index (χ4v) is 5.81. The van der Waals surface area contributed by atoms with Gasteiger partial charge in [-0.2, -0.15) is 4.31 Å². The molecule has 1 aromatic carbocycles. The van der Waals surface area contributed by atoms with Gasteiger partial charge in [0, 0.05) is 38.2 Å². The Morgan fingerprint density at radius 2 is 1.78 bits per heavy atom. The van der Waals surface area contributed by atoms with E-state index >= 15 is 0 Å². The van der Waals surface area contributed by atoms with Crippen molar-refractivity contribution in [3.05, 3.63) is 34.4 Å². The van der Waals surface area contributed by atoms with E-state index < -0.39 is 38.8 Å². The van der Waals surface area contributed by atoms with Crippen molar-refractivity contribution in [3.8, 4) is 0 Å². The van der Waals surface area contributed by atoms with Crippen molar-refractivity contribution < 1.29 is 22.9 Å². The molecule has 0 radical (unpaired) electrons. The molecule has 0 bridgehead atoms. The summed E-state index contributed by atoms with van der Waals surface area (Å²) in [5, 5.41) is 14.1. The highest BCUT2D eigenvalue weighted by Crippen LogP contribution is 2.30. The van der Waals surface area contributed by atoms with Gasteiger partial charge in [0.05, 0.1) is 4.92 Å². The lowest BCUT2D eigenvalue weighted by Crippen LogP contribution is -2.62. The second-order valence-electron chi connectivity index (χ2n) is 9.51. The first-order valence-electron chi connectivity index (χ1n) is 10.5. The molecule has 0 aliphatic carbocycles. The Labute approximate surface area is 189 Å². The van der Waals surface area contributed by atoms with Gasteiger partial charge in [-0.1, -0.05) is 32.9 Å². The maximum atomic E-state index is 13.3. The molecule has 1 heterocycles. The monoisotopic (exact) mass is 468 g/mol. The number of nitrogens with one attached hydrogen (secondary N) is 1. The zero-order chi connectivity index (χ0) is 24.4. The van der Waals surface area contributed by atoms with Gasteiger partial charge >= 0.3 is 0 Å². The van der Waals surface area contributed by atoms with Gasteiger partial charge in [0.25, 0.3) is 5.69 Å². The lowest BCUT2D eigenvalue weighted by molar-refractivity contribution is -0.387. The van der Waals surface area contributed by atoms with E-state index in [9.17, 15) is 28.1 Å². The number of hydrogen-bond acceptors (Lipinski definition) is 6. The summed E-state index contributed by atoms with van der Waals surface area (Å²) in [5.74, 6) is -0.580. The SMILES string of the molecule is CC(=O)N[C@@H](CC(C)(C)C)C(=O)N1C[C@H](C)N(S(=O)(=O)c2ccccc2[N+](=O)[O-])C[C@H]1C. The summed E-state index contributed by atoms with van der Waals surface area (Å²) in [7, 11) is -4.15. The number of sulfonamides is 1. The third-order valence-electron chi connectivity index (χ3n) is 5.35. The summed E-state index contributed by atoms with van der Waals surface area (Å²) in [6.07, 6.45) is 0.432. The molecule has 1 aliphatic heterocycles. The Morgan fingerprint density at radius 3 is 2.31 bits per heavy atom. The van der Waals surface area contributed by atoms with Crippen molar-refractivity contribution in [1.29, 1.82) is 0 Å². The molecule has 32 heavy (non-hydrogen) atoms. The number of nitrogens with zero attached hydrogens (tertiary/aromatic N) is 3. The van der Waals surface area contributed by atoms with Gasteiger partial charge in [0.15, 0.2) is 4.90 Å². The fraction of sp³-hybridized carbons (Fsp3) is 0.619. The van der Waals surface area contributed by atoms with Gasteiger partial charge in [0.2, 0.25) is 21.8 Å². The quantitative estimate of drug-likeness (QED) is 0.503. The normalized spacial score (nSPS) is 21.1. The predicted octanol–water partition coefficient (Wildman–Crippen LogP) is 2.15. The molecule has 10 nitrogen and oxygen atoms in total. The van der Waals surface area contributed by atoms with E-state index in [2.05, 4.69) is 5.32 Å². The van der Waals surface area contributed by atoms with Crippen LogP contribution in [0.2, 0.25) is 0 Å².